The standard InChI is InChI=1S/C24H18ClF3N2O4/c25-16-11-9-15(10-12-16)23(33)19(21(31)24(26,27)28)20(29-22(32)30-23)14-5-4-8-18(13-14)34-17-6-2-1-3-7-17/h1-13,19-20,33H,(H2,29,30,32). The first-order valence-corrected chi connectivity index (χ1v) is 10.5. The van der Waals surface area contributed by atoms with E-state index in [1.54, 1.807) is 36.4 Å². The number of para-hydroxylation sites is 1. The van der Waals surface area contributed by atoms with E-state index >= 15 is 0 Å². The number of urea groups is 1. The summed E-state index contributed by atoms with van der Waals surface area (Å²) in [5.41, 5.74) is -2.66. The van der Waals surface area contributed by atoms with Gasteiger partial charge in [-0.3, -0.25) is 4.79 Å². The summed E-state index contributed by atoms with van der Waals surface area (Å²) in [5.74, 6) is -3.62. The molecule has 3 unspecified atom stereocenters. The van der Waals surface area contributed by atoms with Crippen LogP contribution in [0.1, 0.15) is 17.2 Å². The molecule has 0 aromatic heterocycles. The Morgan fingerprint density at radius 1 is 0.971 bits per heavy atom. The van der Waals surface area contributed by atoms with Crippen LogP contribution in [0.2, 0.25) is 5.02 Å². The molecule has 1 aliphatic heterocycles. The molecule has 1 aliphatic rings. The van der Waals surface area contributed by atoms with Crippen LogP contribution in [-0.4, -0.2) is 23.1 Å². The molecule has 0 spiro atoms. The summed E-state index contributed by atoms with van der Waals surface area (Å²) in [7, 11) is 0. The number of rotatable bonds is 5. The molecule has 6 nitrogen and oxygen atoms in total. The Kier molecular flexibility index (Phi) is 6.24. The Labute approximate surface area is 197 Å². The van der Waals surface area contributed by atoms with E-state index in [1.165, 1.54) is 42.5 Å². The topological polar surface area (TPSA) is 87.7 Å². The van der Waals surface area contributed by atoms with Crippen molar-refractivity contribution >= 4 is 23.4 Å². The largest absolute Gasteiger partial charge is 0.457 e. The van der Waals surface area contributed by atoms with Gasteiger partial charge in [0.2, 0.25) is 5.78 Å². The van der Waals surface area contributed by atoms with E-state index in [2.05, 4.69) is 10.6 Å². The molecule has 0 bridgehead atoms. The quantitative estimate of drug-likeness (QED) is 0.465. The fraction of sp³-hybridized carbons (Fsp3) is 0.167. The summed E-state index contributed by atoms with van der Waals surface area (Å²) in [6.07, 6.45) is -5.29. The lowest BCUT2D eigenvalue weighted by molar-refractivity contribution is -0.190. The number of alkyl halides is 3. The molecule has 3 atom stereocenters. The molecule has 3 aromatic carbocycles. The number of hydrogen-bond donors (Lipinski definition) is 3. The van der Waals surface area contributed by atoms with Crippen LogP contribution in [0.15, 0.2) is 78.9 Å². The average Bonchev–Trinajstić information content (AvgIpc) is 2.79. The third-order valence-electron chi connectivity index (χ3n) is 5.42. The highest BCUT2D eigenvalue weighted by atomic mass is 35.5. The van der Waals surface area contributed by atoms with Crippen molar-refractivity contribution in [3.05, 3.63) is 95.0 Å². The van der Waals surface area contributed by atoms with Crippen molar-refractivity contribution in [2.45, 2.75) is 17.9 Å². The maximum Gasteiger partial charge on any atom is 0.450 e. The number of Topliss-reactive ketones (excluding diaryl/α,β-unsaturated/α-hetero) is 1. The van der Waals surface area contributed by atoms with E-state index in [9.17, 15) is 27.9 Å². The molecule has 1 fully saturated rings. The molecule has 3 aromatic rings. The fourth-order valence-corrected chi connectivity index (χ4v) is 4.02. The zero-order valence-corrected chi connectivity index (χ0v) is 18.1. The fourth-order valence-electron chi connectivity index (χ4n) is 3.90. The van der Waals surface area contributed by atoms with Gasteiger partial charge in [0.25, 0.3) is 0 Å². The molecule has 0 aliphatic carbocycles. The molecule has 176 valence electrons. The van der Waals surface area contributed by atoms with E-state index < -0.39 is 35.7 Å². The Morgan fingerprint density at radius 3 is 2.26 bits per heavy atom. The molecule has 1 heterocycles. The van der Waals surface area contributed by atoms with Gasteiger partial charge in [0.15, 0.2) is 5.72 Å². The van der Waals surface area contributed by atoms with Crippen LogP contribution in [0.25, 0.3) is 0 Å². The highest BCUT2D eigenvalue weighted by molar-refractivity contribution is 6.30. The van der Waals surface area contributed by atoms with E-state index in [4.69, 9.17) is 16.3 Å². The summed E-state index contributed by atoms with van der Waals surface area (Å²) in [5, 5.41) is 16.1. The smallest absolute Gasteiger partial charge is 0.450 e. The molecule has 3 N–H and O–H groups in total. The minimum absolute atomic E-state index is 0.129. The number of aliphatic hydroxyl groups is 1. The number of ether oxygens (including phenoxy) is 1. The second-order valence-corrected chi connectivity index (χ2v) is 8.11. The molecule has 4 rings (SSSR count). The van der Waals surface area contributed by atoms with Gasteiger partial charge in [-0.2, -0.15) is 13.2 Å². The number of hydrogen-bond acceptors (Lipinski definition) is 4. The van der Waals surface area contributed by atoms with Crippen molar-refractivity contribution in [2.75, 3.05) is 0 Å². The summed E-state index contributed by atoms with van der Waals surface area (Å²) >= 11 is 5.86. The third-order valence-corrected chi connectivity index (χ3v) is 5.67. The van der Waals surface area contributed by atoms with Gasteiger partial charge in [-0.25, -0.2) is 4.79 Å². The molecule has 2 amide bonds. The second-order valence-electron chi connectivity index (χ2n) is 7.68. The number of benzene rings is 3. The molecule has 0 radical (unpaired) electrons. The zero-order valence-electron chi connectivity index (χ0n) is 17.3. The monoisotopic (exact) mass is 490 g/mol. The van der Waals surface area contributed by atoms with Crippen LogP contribution in [-0.2, 0) is 10.5 Å². The predicted molar refractivity (Wildman–Crippen MR) is 117 cm³/mol. The first-order valence-electron chi connectivity index (χ1n) is 10.1. The van der Waals surface area contributed by atoms with Crippen molar-refractivity contribution < 1.29 is 32.6 Å². The number of halogens is 4. The van der Waals surface area contributed by atoms with Gasteiger partial charge in [-0.15, -0.1) is 0 Å². The molecular weight excluding hydrogens is 473 g/mol. The molecule has 10 heteroatoms. The lowest BCUT2D eigenvalue weighted by Crippen LogP contribution is -2.66. The molecule has 1 saturated heterocycles. The van der Waals surface area contributed by atoms with Gasteiger partial charge in [0.1, 0.15) is 17.4 Å². The van der Waals surface area contributed by atoms with Crippen LogP contribution in [0.5, 0.6) is 11.5 Å². The number of amides is 2. The first kappa shape index (κ1) is 23.6. The van der Waals surface area contributed by atoms with Crippen molar-refractivity contribution in [2.24, 2.45) is 5.92 Å². The zero-order chi connectivity index (χ0) is 24.5. The van der Waals surface area contributed by atoms with Crippen LogP contribution in [0.4, 0.5) is 18.0 Å². The van der Waals surface area contributed by atoms with E-state index in [0.29, 0.717) is 5.75 Å². The lowest BCUT2D eigenvalue weighted by atomic mass is 9.76. The maximum absolute atomic E-state index is 13.7. The lowest BCUT2D eigenvalue weighted by Gasteiger charge is -2.45. The van der Waals surface area contributed by atoms with Gasteiger partial charge in [-0.05, 0) is 42.0 Å². The van der Waals surface area contributed by atoms with Crippen LogP contribution < -0.4 is 15.4 Å². The van der Waals surface area contributed by atoms with Gasteiger partial charge >= 0.3 is 12.2 Å². The summed E-state index contributed by atoms with van der Waals surface area (Å²) in [4.78, 5) is 25.1. The van der Waals surface area contributed by atoms with Crippen molar-refractivity contribution in [3.8, 4) is 11.5 Å². The predicted octanol–water partition coefficient (Wildman–Crippen LogP) is 5.08. The third kappa shape index (κ3) is 4.71. The summed E-state index contributed by atoms with van der Waals surface area (Å²) in [6, 6.07) is 17.3. The summed E-state index contributed by atoms with van der Waals surface area (Å²) in [6.45, 7) is 0. The Bertz CT molecular complexity index is 1200. The average molecular weight is 491 g/mol. The van der Waals surface area contributed by atoms with Gasteiger partial charge in [0.05, 0.1) is 6.04 Å². The van der Waals surface area contributed by atoms with Crippen molar-refractivity contribution in [1.29, 1.82) is 0 Å². The van der Waals surface area contributed by atoms with Gasteiger partial charge in [-0.1, -0.05) is 54.1 Å². The Balaban J connectivity index is 1.80. The first-order chi connectivity index (χ1) is 16.1. The summed E-state index contributed by atoms with van der Waals surface area (Å²) < 4.78 is 46.7. The molecule has 0 saturated carbocycles. The van der Waals surface area contributed by atoms with Crippen molar-refractivity contribution in [3.63, 3.8) is 0 Å². The number of carbonyl (C=O) groups excluding carboxylic acids is 2. The van der Waals surface area contributed by atoms with Crippen LogP contribution in [0.3, 0.4) is 0 Å². The highest BCUT2D eigenvalue weighted by Gasteiger charge is 2.59. The van der Waals surface area contributed by atoms with E-state index in [1.807, 2.05) is 0 Å². The molecule has 34 heavy (non-hydrogen) atoms. The minimum Gasteiger partial charge on any atom is -0.457 e. The van der Waals surface area contributed by atoms with Gasteiger partial charge in [0, 0.05) is 10.6 Å². The van der Waals surface area contributed by atoms with Crippen LogP contribution in [0, 0.1) is 5.92 Å². The number of ketones is 1. The Hall–Kier alpha value is -3.56. The SMILES string of the molecule is O=C1NC(c2cccc(Oc3ccccc3)c2)C(C(=O)C(F)(F)F)C(O)(c2ccc(Cl)cc2)N1. The van der Waals surface area contributed by atoms with E-state index in [0.717, 1.165) is 0 Å². The minimum atomic E-state index is -5.29. The normalized spacial score (nSPS) is 22.4. The highest BCUT2D eigenvalue weighted by Crippen LogP contribution is 2.43. The second kappa shape index (κ2) is 9.00. The van der Waals surface area contributed by atoms with Crippen molar-refractivity contribution in [1.82, 2.24) is 10.6 Å². The maximum atomic E-state index is 13.7. The van der Waals surface area contributed by atoms with Crippen LogP contribution >= 0.6 is 11.6 Å². The Morgan fingerprint density at radius 2 is 1.62 bits per heavy atom. The number of nitrogens with one attached hydrogen (secondary N) is 2. The van der Waals surface area contributed by atoms with E-state index in [-0.39, 0.29) is 21.9 Å². The van der Waals surface area contributed by atoms with Gasteiger partial charge < -0.3 is 20.5 Å². The molecular formula is C24H18ClF3N2O4. The number of carbonyl (C=O) groups is 2.